The van der Waals surface area contributed by atoms with Gasteiger partial charge in [-0.25, -0.2) is 4.84 Å². The predicted octanol–water partition coefficient (Wildman–Crippen LogP) is 3.55. The Morgan fingerprint density at radius 1 is 1.29 bits per heavy atom. The van der Waals surface area contributed by atoms with Crippen LogP contribution in [0.15, 0.2) is 24.3 Å². The molecular formula is C18H26Cl2N2O2. The van der Waals surface area contributed by atoms with Gasteiger partial charge in [0.05, 0.1) is 5.60 Å². The fraction of sp³-hybridized carbons (Fsp3) is 0.611. The van der Waals surface area contributed by atoms with Crippen LogP contribution in [0.5, 0.6) is 0 Å². The van der Waals surface area contributed by atoms with Crippen LogP contribution in [0, 0.1) is 11.3 Å². The van der Waals surface area contributed by atoms with Crippen LogP contribution >= 0.6 is 23.4 Å². The van der Waals surface area contributed by atoms with E-state index in [1.165, 1.54) is 0 Å². The Balaban J connectivity index is 2.23. The average Bonchev–Trinajstić information content (AvgIpc) is 2.50. The minimum absolute atomic E-state index is 0.0220. The number of nitrogens with one attached hydrogen (secondary N) is 1. The number of nitrogens with zero attached hydrogens (tertiary/aromatic N) is 1. The molecular weight excluding hydrogens is 347 g/mol. The Kier molecular flexibility index (Phi) is 5.86. The molecule has 2 rings (SSSR count). The Bertz CT molecular complexity index is 589. The van der Waals surface area contributed by atoms with Crippen molar-refractivity contribution in [2.45, 2.75) is 45.8 Å². The van der Waals surface area contributed by atoms with Gasteiger partial charge in [0.2, 0.25) is 5.91 Å². The van der Waals surface area contributed by atoms with Crippen molar-refractivity contribution in [2.24, 2.45) is 11.3 Å². The third-order valence-corrected chi connectivity index (χ3v) is 5.62. The summed E-state index contributed by atoms with van der Waals surface area (Å²) in [5.74, 6) is 0.0708. The summed E-state index contributed by atoms with van der Waals surface area (Å²) in [4.78, 5) is 17.1. The van der Waals surface area contributed by atoms with Crippen LogP contribution in [0.2, 0.25) is 5.02 Å². The van der Waals surface area contributed by atoms with Crippen molar-refractivity contribution in [1.29, 1.82) is 0 Å². The zero-order valence-electron chi connectivity index (χ0n) is 14.6. The van der Waals surface area contributed by atoms with E-state index in [0.717, 1.165) is 5.56 Å². The Morgan fingerprint density at radius 3 is 2.33 bits per heavy atom. The minimum atomic E-state index is -1.00. The third kappa shape index (κ3) is 3.57. The highest BCUT2D eigenvalue weighted by atomic mass is 35.5. The van der Waals surface area contributed by atoms with Crippen LogP contribution in [-0.4, -0.2) is 35.0 Å². The molecule has 24 heavy (non-hydrogen) atoms. The molecule has 1 aliphatic rings. The summed E-state index contributed by atoms with van der Waals surface area (Å²) in [7, 11) is 0. The van der Waals surface area contributed by atoms with Crippen molar-refractivity contribution in [2.75, 3.05) is 13.1 Å². The number of benzene rings is 1. The van der Waals surface area contributed by atoms with Gasteiger partial charge in [0, 0.05) is 23.5 Å². The van der Waals surface area contributed by atoms with Crippen LogP contribution in [0.4, 0.5) is 0 Å². The summed E-state index contributed by atoms with van der Waals surface area (Å²) in [6.07, 6.45) is 0.473. The lowest BCUT2D eigenvalue weighted by Crippen LogP contribution is -2.59. The van der Waals surface area contributed by atoms with E-state index in [9.17, 15) is 9.90 Å². The second-order valence-electron chi connectivity index (χ2n) is 7.59. The molecule has 1 aromatic carbocycles. The number of carbonyl (C=O) groups is 1. The summed E-state index contributed by atoms with van der Waals surface area (Å²) >= 11 is 11.7. The lowest BCUT2D eigenvalue weighted by molar-refractivity contribution is -0.155. The number of hydrogen-bond donors (Lipinski definition) is 2. The standard InChI is InChI=1S/C18H26Cl2N2O2/c1-12(2)15(21-20)16(23)22-10-9-18(24,17(3,4)11-22)13-5-7-14(19)8-6-13/h5-8,12,15,21,24H,9-11H2,1-4H3/t15-,18+/m1/s1. The number of piperidine rings is 1. The lowest BCUT2D eigenvalue weighted by atomic mass is 9.66. The van der Waals surface area contributed by atoms with Crippen molar-refractivity contribution >= 4 is 29.3 Å². The molecule has 2 atom stereocenters. The molecule has 0 bridgehead atoms. The summed E-state index contributed by atoms with van der Waals surface area (Å²) in [5.41, 5.74) is -0.668. The highest BCUT2D eigenvalue weighted by molar-refractivity contribution is 6.30. The monoisotopic (exact) mass is 372 g/mol. The maximum atomic E-state index is 12.7. The van der Waals surface area contributed by atoms with Gasteiger partial charge in [0.1, 0.15) is 6.04 Å². The van der Waals surface area contributed by atoms with Gasteiger partial charge in [-0.1, -0.05) is 51.4 Å². The zero-order chi connectivity index (χ0) is 18.1. The molecule has 0 spiro atoms. The number of rotatable bonds is 4. The molecule has 1 amide bonds. The number of hydrogen-bond acceptors (Lipinski definition) is 3. The summed E-state index contributed by atoms with van der Waals surface area (Å²) < 4.78 is 0. The topological polar surface area (TPSA) is 52.6 Å². The number of carbonyl (C=O) groups excluding carboxylic acids is 1. The van der Waals surface area contributed by atoms with Gasteiger partial charge in [-0.2, -0.15) is 0 Å². The molecule has 1 aromatic rings. The normalized spacial score (nSPS) is 24.9. The first-order chi connectivity index (χ1) is 11.1. The van der Waals surface area contributed by atoms with Crippen LogP contribution < -0.4 is 4.84 Å². The Labute approximate surface area is 154 Å². The number of amides is 1. The highest BCUT2D eigenvalue weighted by Crippen LogP contribution is 2.46. The fourth-order valence-electron chi connectivity index (χ4n) is 3.43. The fourth-order valence-corrected chi connectivity index (χ4v) is 3.90. The number of aliphatic hydroxyl groups is 1. The van der Waals surface area contributed by atoms with E-state index in [2.05, 4.69) is 4.84 Å². The van der Waals surface area contributed by atoms with Crippen LogP contribution in [0.1, 0.15) is 39.7 Å². The molecule has 0 radical (unpaired) electrons. The molecule has 1 aliphatic heterocycles. The van der Waals surface area contributed by atoms with E-state index in [4.69, 9.17) is 23.4 Å². The van der Waals surface area contributed by atoms with Crippen LogP contribution in [0.25, 0.3) is 0 Å². The van der Waals surface area contributed by atoms with E-state index >= 15 is 0 Å². The SMILES string of the molecule is CC(C)[C@@H](NCl)C(=O)N1CC[C@](O)(c2ccc(Cl)cc2)C(C)(C)C1. The summed E-state index contributed by atoms with van der Waals surface area (Å²) in [6.45, 7) is 8.84. The highest BCUT2D eigenvalue weighted by Gasteiger charge is 2.50. The van der Waals surface area contributed by atoms with Gasteiger partial charge < -0.3 is 10.0 Å². The molecule has 0 saturated carbocycles. The average molecular weight is 373 g/mol. The van der Waals surface area contributed by atoms with Crippen molar-refractivity contribution in [3.8, 4) is 0 Å². The second kappa shape index (κ2) is 7.20. The van der Waals surface area contributed by atoms with Crippen molar-refractivity contribution in [3.63, 3.8) is 0 Å². The van der Waals surface area contributed by atoms with E-state index in [1.54, 1.807) is 17.0 Å². The third-order valence-electron chi connectivity index (χ3n) is 5.13. The van der Waals surface area contributed by atoms with Crippen molar-refractivity contribution in [1.82, 2.24) is 9.74 Å². The van der Waals surface area contributed by atoms with Crippen molar-refractivity contribution < 1.29 is 9.90 Å². The molecule has 0 aliphatic carbocycles. The molecule has 1 fully saturated rings. The molecule has 1 heterocycles. The molecule has 134 valence electrons. The predicted molar refractivity (Wildman–Crippen MR) is 97.9 cm³/mol. The van der Waals surface area contributed by atoms with Crippen molar-refractivity contribution in [3.05, 3.63) is 34.9 Å². The van der Waals surface area contributed by atoms with Gasteiger partial charge in [-0.15, -0.1) is 0 Å². The van der Waals surface area contributed by atoms with Gasteiger partial charge in [-0.3, -0.25) is 4.79 Å². The first-order valence-corrected chi connectivity index (χ1v) is 9.01. The summed E-state index contributed by atoms with van der Waals surface area (Å²) in [5, 5.41) is 12.0. The quantitative estimate of drug-likeness (QED) is 0.794. The van der Waals surface area contributed by atoms with Gasteiger partial charge >= 0.3 is 0 Å². The van der Waals surface area contributed by atoms with Crippen LogP contribution in [-0.2, 0) is 10.4 Å². The molecule has 4 nitrogen and oxygen atoms in total. The summed E-state index contributed by atoms with van der Waals surface area (Å²) in [6, 6.07) is 6.87. The zero-order valence-corrected chi connectivity index (χ0v) is 16.2. The molecule has 2 N–H and O–H groups in total. The maximum absolute atomic E-state index is 12.7. The lowest BCUT2D eigenvalue weighted by Gasteiger charge is -2.51. The smallest absolute Gasteiger partial charge is 0.241 e. The molecule has 1 saturated heterocycles. The molecule has 6 heteroatoms. The van der Waals surface area contributed by atoms with Gasteiger partial charge in [0.25, 0.3) is 0 Å². The second-order valence-corrected chi connectivity index (χ2v) is 8.25. The minimum Gasteiger partial charge on any atom is -0.384 e. The Hall–Kier alpha value is -0.810. The Morgan fingerprint density at radius 2 is 1.88 bits per heavy atom. The van der Waals surface area contributed by atoms with E-state index in [-0.39, 0.29) is 11.8 Å². The molecule has 0 unspecified atom stereocenters. The maximum Gasteiger partial charge on any atom is 0.241 e. The van der Waals surface area contributed by atoms with E-state index in [0.29, 0.717) is 24.5 Å². The first-order valence-electron chi connectivity index (χ1n) is 8.26. The van der Waals surface area contributed by atoms with Gasteiger partial charge in [-0.05, 0) is 41.8 Å². The van der Waals surface area contributed by atoms with Gasteiger partial charge in [0.15, 0.2) is 0 Å². The first kappa shape index (κ1) is 19.5. The van der Waals surface area contributed by atoms with Crippen LogP contribution in [0.3, 0.4) is 0 Å². The largest absolute Gasteiger partial charge is 0.384 e. The number of likely N-dealkylation sites (tertiary alicyclic amines) is 1. The number of halogens is 2. The van der Waals surface area contributed by atoms with E-state index < -0.39 is 17.1 Å². The van der Waals surface area contributed by atoms with E-state index in [1.807, 2.05) is 39.8 Å². The molecule has 0 aromatic heterocycles.